The van der Waals surface area contributed by atoms with Gasteiger partial charge in [0.1, 0.15) is 18.0 Å². The molecule has 0 radical (unpaired) electrons. The molecule has 0 saturated heterocycles. The van der Waals surface area contributed by atoms with Crippen molar-refractivity contribution >= 4 is 18.1 Å². The molecule has 6 nitrogen and oxygen atoms in total. The maximum absolute atomic E-state index is 11.2. The minimum Gasteiger partial charge on any atom is -0.478 e. The van der Waals surface area contributed by atoms with E-state index in [-0.39, 0.29) is 11.9 Å². The Morgan fingerprint density at radius 2 is 2.35 bits per heavy atom. The number of carbonyl (C=O) groups is 1. The molecule has 3 N–H and O–H groups in total. The molecule has 0 aromatic heterocycles. The third kappa shape index (κ3) is 4.53. The zero-order valence-corrected chi connectivity index (χ0v) is 12.0. The van der Waals surface area contributed by atoms with Gasteiger partial charge in [-0.2, -0.15) is 0 Å². The molecular weight excluding hydrogens is 256 g/mol. The molecule has 0 spiro atoms. The van der Waals surface area contributed by atoms with Gasteiger partial charge in [0.25, 0.3) is 0 Å². The normalized spacial score (nSPS) is 19.8. The van der Waals surface area contributed by atoms with Gasteiger partial charge in [-0.3, -0.25) is 0 Å². The summed E-state index contributed by atoms with van der Waals surface area (Å²) in [5.41, 5.74) is 5.77. The first-order valence-electron chi connectivity index (χ1n) is 6.71. The Morgan fingerprint density at radius 3 is 2.90 bits per heavy atom. The fraction of sp³-hybridized carbons (Fsp3) is 0.500. The summed E-state index contributed by atoms with van der Waals surface area (Å²) in [6.45, 7) is 7.56. The third-order valence-corrected chi connectivity index (χ3v) is 3.21. The number of aliphatic imine (C=N–C) groups is 2. The Hall–Kier alpha value is -2.11. The van der Waals surface area contributed by atoms with Crippen molar-refractivity contribution in [1.29, 1.82) is 0 Å². The number of hydrogen-bond donors (Lipinski definition) is 2. The highest BCUT2D eigenvalue weighted by atomic mass is 16.4. The van der Waals surface area contributed by atoms with Crippen molar-refractivity contribution in [2.45, 2.75) is 45.6 Å². The van der Waals surface area contributed by atoms with E-state index in [0.717, 1.165) is 18.7 Å². The number of amidine groups is 1. The molecule has 0 aromatic rings. The second-order valence-corrected chi connectivity index (χ2v) is 4.76. The summed E-state index contributed by atoms with van der Waals surface area (Å²) in [4.78, 5) is 21.2. The highest BCUT2D eigenvalue weighted by molar-refractivity contribution is 5.93. The lowest BCUT2D eigenvalue weighted by molar-refractivity contribution is -0.132. The van der Waals surface area contributed by atoms with Gasteiger partial charge in [-0.15, -0.1) is 0 Å². The first-order valence-corrected chi connectivity index (χ1v) is 6.71. The van der Waals surface area contributed by atoms with E-state index in [9.17, 15) is 9.90 Å². The molecule has 1 atom stereocenters. The minimum atomic E-state index is -0.872. The lowest BCUT2D eigenvalue weighted by Crippen LogP contribution is -2.33. The summed E-state index contributed by atoms with van der Waals surface area (Å²) in [5.74, 6) is 0.129. The molecule has 20 heavy (non-hydrogen) atoms. The summed E-state index contributed by atoms with van der Waals surface area (Å²) >= 11 is 0. The van der Waals surface area contributed by atoms with Crippen LogP contribution in [0.2, 0.25) is 0 Å². The minimum absolute atomic E-state index is 0.177. The number of carboxylic acid groups (broad SMARTS) is 1. The van der Waals surface area contributed by atoms with Crippen LogP contribution in [0.15, 0.2) is 34.2 Å². The average Bonchev–Trinajstić information content (AvgIpc) is 2.60. The maximum Gasteiger partial charge on any atom is 0.333 e. The van der Waals surface area contributed by atoms with E-state index in [0.29, 0.717) is 18.4 Å². The van der Waals surface area contributed by atoms with Crippen molar-refractivity contribution in [3.63, 3.8) is 0 Å². The summed E-state index contributed by atoms with van der Waals surface area (Å²) in [6, 6.07) is 0.177. The van der Waals surface area contributed by atoms with Gasteiger partial charge in [0, 0.05) is 18.7 Å². The van der Waals surface area contributed by atoms with Gasteiger partial charge in [-0.25, -0.2) is 14.8 Å². The summed E-state index contributed by atoms with van der Waals surface area (Å²) in [7, 11) is 0. The highest BCUT2D eigenvalue weighted by Crippen LogP contribution is 2.20. The van der Waals surface area contributed by atoms with Crippen LogP contribution in [0.5, 0.6) is 0 Å². The van der Waals surface area contributed by atoms with Crippen LogP contribution in [0.4, 0.5) is 0 Å². The van der Waals surface area contributed by atoms with Crippen LogP contribution in [-0.2, 0) is 4.79 Å². The van der Waals surface area contributed by atoms with Crippen molar-refractivity contribution in [1.82, 2.24) is 4.90 Å². The van der Waals surface area contributed by atoms with Crippen molar-refractivity contribution in [3.05, 3.63) is 24.2 Å². The van der Waals surface area contributed by atoms with Gasteiger partial charge in [0.05, 0.1) is 5.57 Å². The molecule has 1 aliphatic heterocycles. The summed E-state index contributed by atoms with van der Waals surface area (Å²) < 4.78 is 0. The molecule has 1 rings (SSSR count). The smallest absolute Gasteiger partial charge is 0.333 e. The molecule has 0 amide bonds. The average molecular weight is 278 g/mol. The lowest BCUT2D eigenvalue weighted by atomic mass is 10.1. The number of carboxylic acids is 1. The first kappa shape index (κ1) is 15.9. The van der Waals surface area contributed by atoms with Gasteiger partial charge in [-0.1, -0.05) is 13.5 Å². The monoisotopic (exact) mass is 278 g/mol. The fourth-order valence-corrected chi connectivity index (χ4v) is 1.91. The van der Waals surface area contributed by atoms with Crippen LogP contribution in [0, 0.1) is 0 Å². The lowest BCUT2D eigenvalue weighted by Gasteiger charge is -2.27. The quantitative estimate of drug-likeness (QED) is 0.595. The second-order valence-electron chi connectivity index (χ2n) is 4.76. The van der Waals surface area contributed by atoms with Gasteiger partial charge in [0.2, 0.25) is 0 Å². The number of nitrogens with zero attached hydrogens (tertiary/aromatic N) is 3. The SMILES string of the molecule is C=C(N)N=CN=C1CCCC(C(=O)O)=CN1C(C)CC. The predicted molar refractivity (Wildman–Crippen MR) is 80.4 cm³/mol. The Bertz CT molecular complexity index is 466. The molecule has 0 aliphatic carbocycles. The van der Waals surface area contributed by atoms with Crippen molar-refractivity contribution in [3.8, 4) is 0 Å². The van der Waals surface area contributed by atoms with E-state index in [1.165, 1.54) is 6.34 Å². The number of hydrogen-bond acceptors (Lipinski definition) is 3. The van der Waals surface area contributed by atoms with Gasteiger partial charge >= 0.3 is 5.97 Å². The summed E-state index contributed by atoms with van der Waals surface area (Å²) in [5, 5.41) is 9.18. The third-order valence-electron chi connectivity index (χ3n) is 3.21. The Morgan fingerprint density at radius 1 is 1.65 bits per heavy atom. The molecule has 0 saturated carbocycles. The Kier molecular flexibility index (Phi) is 5.96. The molecule has 0 fully saturated rings. The Balaban J connectivity index is 3.07. The number of nitrogens with two attached hydrogens (primary N) is 1. The second kappa shape index (κ2) is 7.47. The maximum atomic E-state index is 11.2. The van der Waals surface area contributed by atoms with E-state index >= 15 is 0 Å². The molecule has 1 heterocycles. The molecule has 0 bridgehead atoms. The van der Waals surface area contributed by atoms with Crippen LogP contribution in [0.25, 0.3) is 0 Å². The highest BCUT2D eigenvalue weighted by Gasteiger charge is 2.21. The van der Waals surface area contributed by atoms with Crippen LogP contribution >= 0.6 is 0 Å². The number of rotatable bonds is 5. The molecule has 1 aliphatic rings. The molecule has 1 unspecified atom stereocenters. The van der Waals surface area contributed by atoms with E-state index in [2.05, 4.69) is 23.5 Å². The van der Waals surface area contributed by atoms with Crippen LogP contribution < -0.4 is 5.73 Å². The topological polar surface area (TPSA) is 91.3 Å². The van der Waals surface area contributed by atoms with Gasteiger partial charge < -0.3 is 15.7 Å². The van der Waals surface area contributed by atoms with E-state index in [1.54, 1.807) is 6.20 Å². The van der Waals surface area contributed by atoms with Crippen LogP contribution in [-0.4, -0.2) is 34.2 Å². The van der Waals surface area contributed by atoms with Crippen molar-refractivity contribution < 1.29 is 9.90 Å². The zero-order valence-electron chi connectivity index (χ0n) is 12.0. The summed E-state index contributed by atoms with van der Waals surface area (Å²) in [6.07, 6.45) is 5.95. The fourth-order valence-electron chi connectivity index (χ4n) is 1.91. The van der Waals surface area contributed by atoms with E-state index in [1.807, 2.05) is 11.8 Å². The van der Waals surface area contributed by atoms with E-state index in [4.69, 9.17) is 5.73 Å². The van der Waals surface area contributed by atoms with Gasteiger partial charge in [-0.05, 0) is 26.2 Å². The van der Waals surface area contributed by atoms with Crippen molar-refractivity contribution in [2.24, 2.45) is 15.7 Å². The van der Waals surface area contributed by atoms with Crippen LogP contribution in [0.1, 0.15) is 39.5 Å². The number of aliphatic carboxylic acids is 1. The molecule has 0 aromatic carbocycles. The molecular formula is C14H22N4O2. The predicted octanol–water partition coefficient (Wildman–Crippen LogP) is 2.10. The molecule has 110 valence electrons. The first-order chi connectivity index (χ1) is 9.45. The van der Waals surface area contributed by atoms with Gasteiger partial charge in [0.15, 0.2) is 0 Å². The largest absolute Gasteiger partial charge is 0.478 e. The van der Waals surface area contributed by atoms with Crippen molar-refractivity contribution in [2.75, 3.05) is 0 Å². The molecule has 6 heteroatoms. The zero-order chi connectivity index (χ0) is 15.1. The van der Waals surface area contributed by atoms with Crippen LogP contribution in [0.3, 0.4) is 0 Å². The standard InChI is InChI=1S/C14H22N4O2/c1-4-10(2)18-8-12(14(19)20)6-5-7-13(18)17-9-16-11(3)15/h8-10H,3-7,15H2,1-2H3,(H,19,20). The van der Waals surface area contributed by atoms with E-state index < -0.39 is 5.97 Å². The Labute approximate surface area is 119 Å².